The topological polar surface area (TPSA) is 68.5 Å². The molecule has 0 unspecified atom stereocenters. The summed E-state index contributed by atoms with van der Waals surface area (Å²) in [6.07, 6.45) is 5.42. The summed E-state index contributed by atoms with van der Waals surface area (Å²) in [7, 11) is 1.64. The summed E-state index contributed by atoms with van der Waals surface area (Å²) >= 11 is 1.39. The molecule has 0 radical (unpaired) electrons. The number of rotatable bonds is 5. The summed E-state index contributed by atoms with van der Waals surface area (Å²) in [5, 5.41) is 2.94. The number of amides is 1. The number of hydrogen-bond acceptors (Lipinski definition) is 5. The fourth-order valence-electron chi connectivity index (χ4n) is 2.83. The van der Waals surface area contributed by atoms with Crippen LogP contribution in [0.15, 0.2) is 55.0 Å². The van der Waals surface area contributed by atoms with Crippen LogP contribution in [0.25, 0.3) is 16.2 Å². The fourth-order valence-corrected chi connectivity index (χ4v) is 3.85. The number of thiazole rings is 1. The number of imidazole rings is 1. The van der Waals surface area contributed by atoms with Gasteiger partial charge in [0, 0.05) is 36.4 Å². The Morgan fingerprint density at radius 3 is 2.74 bits per heavy atom. The third-order valence-electron chi connectivity index (χ3n) is 4.32. The van der Waals surface area contributed by atoms with Crippen LogP contribution in [0, 0.1) is 6.92 Å². The first-order valence-corrected chi connectivity index (χ1v) is 9.27. The molecule has 0 aliphatic heterocycles. The smallest absolute Gasteiger partial charge is 0.263 e. The lowest BCUT2D eigenvalue weighted by atomic mass is 10.2. The van der Waals surface area contributed by atoms with Gasteiger partial charge in [-0.25, -0.2) is 4.98 Å². The minimum Gasteiger partial charge on any atom is -0.497 e. The average Bonchev–Trinajstić information content (AvgIpc) is 3.26. The zero-order chi connectivity index (χ0) is 18.8. The van der Waals surface area contributed by atoms with Crippen molar-refractivity contribution >= 4 is 22.2 Å². The summed E-state index contributed by atoms with van der Waals surface area (Å²) in [6.45, 7) is 2.38. The molecule has 0 saturated heterocycles. The van der Waals surface area contributed by atoms with Gasteiger partial charge in [0.2, 0.25) is 0 Å². The summed E-state index contributed by atoms with van der Waals surface area (Å²) in [4.78, 5) is 22.8. The van der Waals surface area contributed by atoms with E-state index in [1.54, 1.807) is 19.5 Å². The quantitative estimate of drug-likeness (QED) is 0.575. The van der Waals surface area contributed by atoms with Crippen LogP contribution >= 0.6 is 11.3 Å². The zero-order valence-corrected chi connectivity index (χ0v) is 15.8. The van der Waals surface area contributed by atoms with Crippen molar-refractivity contribution in [1.82, 2.24) is 19.7 Å². The van der Waals surface area contributed by atoms with Gasteiger partial charge in [-0.3, -0.25) is 14.2 Å². The fraction of sp³-hybridized carbons (Fsp3) is 0.150. The van der Waals surface area contributed by atoms with Crippen molar-refractivity contribution in [2.24, 2.45) is 0 Å². The van der Waals surface area contributed by atoms with Gasteiger partial charge >= 0.3 is 0 Å². The molecular formula is C20H18N4O2S. The van der Waals surface area contributed by atoms with Crippen LogP contribution in [-0.2, 0) is 6.54 Å². The summed E-state index contributed by atoms with van der Waals surface area (Å²) < 4.78 is 7.15. The van der Waals surface area contributed by atoms with Crippen LogP contribution in [0.4, 0.5) is 0 Å². The molecule has 0 bridgehead atoms. The number of benzene rings is 1. The van der Waals surface area contributed by atoms with Crippen molar-refractivity contribution in [3.05, 3.63) is 71.1 Å². The van der Waals surface area contributed by atoms with Crippen molar-refractivity contribution in [3.8, 4) is 17.0 Å². The zero-order valence-electron chi connectivity index (χ0n) is 15.0. The lowest BCUT2D eigenvalue weighted by Gasteiger charge is -2.04. The molecule has 0 spiro atoms. The molecule has 27 heavy (non-hydrogen) atoms. The standard InChI is InChI=1S/C20H18N4O2S/c1-13-18(19(25)22-11-14-4-3-9-21-10-14)27-20-23-17(12-24(13)20)15-5-7-16(26-2)8-6-15/h3-10,12H,11H2,1-2H3,(H,22,25). The summed E-state index contributed by atoms with van der Waals surface area (Å²) in [5.41, 5.74) is 3.72. The highest BCUT2D eigenvalue weighted by Gasteiger charge is 2.18. The van der Waals surface area contributed by atoms with E-state index in [0.717, 1.165) is 33.2 Å². The van der Waals surface area contributed by atoms with Gasteiger partial charge in [-0.05, 0) is 42.8 Å². The number of carbonyl (C=O) groups excluding carboxylic acids is 1. The molecule has 0 fully saturated rings. The third-order valence-corrected chi connectivity index (χ3v) is 5.48. The second kappa shape index (κ2) is 7.20. The van der Waals surface area contributed by atoms with E-state index in [4.69, 9.17) is 4.74 Å². The number of aryl methyl sites for hydroxylation is 1. The SMILES string of the molecule is COc1ccc(-c2cn3c(C)c(C(=O)NCc4cccnc4)sc3n2)cc1. The maximum absolute atomic E-state index is 12.6. The van der Waals surface area contributed by atoms with E-state index in [1.807, 2.05) is 53.9 Å². The number of hydrogen-bond donors (Lipinski definition) is 1. The van der Waals surface area contributed by atoms with Gasteiger partial charge in [-0.2, -0.15) is 0 Å². The lowest BCUT2D eigenvalue weighted by Crippen LogP contribution is -2.22. The predicted molar refractivity (Wildman–Crippen MR) is 105 cm³/mol. The monoisotopic (exact) mass is 378 g/mol. The molecule has 3 aromatic heterocycles. The van der Waals surface area contributed by atoms with Crippen LogP contribution in [0.3, 0.4) is 0 Å². The number of nitrogens with one attached hydrogen (secondary N) is 1. The first kappa shape index (κ1) is 17.2. The number of pyridine rings is 1. The highest BCUT2D eigenvalue weighted by Crippen LogP contribution is 2.28. The average molecular weight is 378 g/mol. The number of carbonyl (C=O) groups is 1. The van der Waals surface area contributed by atoms with E-state index >= 15 is 0 Å². The Bertz CT molecular complexity index is 1080. The lowest BCUT2D eigenvalue weighted by molar-refractivity contribution is 0.0954. The highest BCUT2D eigenvalue weighted by atomic mass is 32.1. The predicted octanol–water partition coefficient (Wildman–Crippen LogP) is 3.70. The molecule has 1 N–H and O–H groups in total. The molecule has 136 valence electrons. The Kier molecular flexibility index (Phi) is 4.60. The van der Waals surface area contributed by atoms with E-state index in [1.165, 1.54) is 11.3 Å². The summed E-state index contributed by atoms with van der Waals surface area (Å²) in [5.74, 6) is 0.710. The highest BCUT2D eigenvalue weighted by molar-refractivity contribution is 7.19. The molecule has 3 heterocycles. The Labute approximate surface area is 160 Å². The Morgan fingerprint density at radius 2 is 2.07 bits per heavy atom. The van der Waals surface area contributed by atoms with Gasteiger partial charge in [0.05, 0.1) is 12.8 Å². The molecule has 4 aromatic rings. The normalized spacial score (nSPS) is 10.9. The second-order valence-electron chi connectivity index (χ2n) is 6.07. The molecule has 6 nitrogen and oxygen atoms in total. The molecular weight excluding hydrogens is 360 g/mol. The van der Waals surface area contributed by atoms with Crippen molar-refractivity contribution in [3.63, 3.8) is 0 Å². The van der Waals surface area contributed by atoms with Crippen LogP contribution in [0.2, 0.25) is 0 Å². The molecule has 0 aliphatic carbocycles. The summed E-state index contributed by atoms with van der Waals surface area (Å²) in [6, 6.07) is 11.6. The molecule has 1 aromatic carbocycles. The number of nitrogens with zero attached hydrogens (tertiary/aromatic N) is 3. The van der Waals surface area contributed by atoms with Crippen LogP contribution in [0.5, 0.6) is 5.75 Å². The van der Waals surface area contributed by atoms with E-state index < -0.39 is 0 Å². The number of fused-ring (bicyclic) bond motifs is 1. The molecule has 4 rings (SSSR count). The van der Waals surface area contributed by atoms with Crippen molar-refractivity contribution < 1.29 is 9.53 Å². The van der Waals surface area contributed by atoms with Crippen LogP contribution in [-0.4, -0.2) is 27.4 Å². The minimum absolute atomic E-state index is 0.0992. The van der Waals surface area contributed by atoms with Gasteiger partial charge < -0.3 is 10.1 Å². The molecule has 0 aliphatic rings. The Hall–Kier alpha value is -3.19. The van der Waals surface area contributed by atoms with Gasteiger partial charge in [-0.1, -0.05) is 17.4 Å². The largest absolute Gasteiger partial charge is 0.497 e. The number of methoxy groups -OCH3 is 1. The molecule has 7 heteroatoms. The van der Waals surface area contributed by atoms with E-state index in [9.17, 15) is 4.79 Å². The molecule has 0 saturated carbocycles. The number of ether oxygens (including phenoxy) is 1. The first-order valence-electron chi connectivity index (χ1n) is 8.45. The first-order chi connectivity index (χ1) is 13.2. The second-order valence-corrected chi connectivity index (χ2v) is 7.05. The molecule has 1 amide bonds. The maximum Gasteiger partial charge on any atom is 0.263 e. The minimum atomic E-state index is -0.0992. The van der Waals surface area contributed by atoms with Gasteiger partial charge in [-0.15, -0.1) is 0 Å². The van der Waals surface area contributed by atoms with E-state index in [2.05, 4.69) is 15.3 Å². The third kappa shape index (κ3) is 3.41. The van der Waals surface area contributed by atoms with E-state index in [-0.39, 0.29) is 5.91 Å². The van der Waals surface area contributed by atoms with Crippen molar-refractivity contribution in [2.45, 2.75) is 13.5 Å². The van der Waals surface area contributed by atoms with Gasteiger partial charge in [0.15, 0.2) is 4.96 Å². The van der Waals surface area contributed by atoms with Gasteiger partial charge in [0.1, 0.15) is 10.6 Å². The van der Waals surface area contributed by atoms with Crippen LogP contribution < -0.4 is 10.1 Å². The Morgan fingerprint density at radius 1 is 1.26 bits per heavy atom. The van der Waals surface area contributed by atoms with Crippen molar-refractivity contribution in [1.29, 1.82) is 0 Å². The van der Waals surface area contributed by atoms with Gasteiger partial charge in [0.25, 0.3) is 5.91 Å². The number of aromatic nitrogens is 3. The van der Waals surface area contributed by atoms with Crippen molar-refractivity contribution in [2.75, 3.05) is 7.11 Å². The molecule has 0 atom stereocenters. The van der Waals surface area contributed by atoms with E-state index in [0.29, 0.717) is 11.4 Å². The Balaban J connectivity index is 1.55. The van der Waals surface area contributed by atoms with Crippen LogP contribution in [0.1, 0.15) is 20.9 Å². The maximum atomic E-state index is 12.6.